The van der Waals surface area contributed by atoms with Gasteiger partial charge in [0.2, 0.25) is 0 Å². The quantitative estimate of drug-likeness (QED) is 0.387. The number of hydrogen-bond donors (Lipinski definition) is 1. The largest absolute Gasteiger partial charge is 0.348 e. The van der Waals surface area contributed by atoms with Crippen molar-refractivity contribution >= 4 is 5.91 Å². The monoisotopic (exact) mass is 539 g/mol. The summed E-state index contributed by atoms with van der Waals surface area (Å²) in [6.45, 7) is 9.63. The highest BCUT2D eigenvalue weighted by Crippen LogP contribution is 2.25. The number of hydrogen-bond acceptors (Lipinski definition) is 3. The van der Waals surface area contributed by atoms with E-state index in [9.17, 15) is 4.79 Å². The fourth-order valence-corrected chi connectivity index (χ4v) is 6.22. The summed E-state index contributed by atoms with van der Waals surface area (Å²) in [7, 11) is 6.86. The first kappa shape index (κ1) is 28.5. The lowest BCUT2D eigenvalue weighted by molar-refractivity contribution is -0.896. The van der Waals surface area contributed by atoms with Gasteiger partial charge in [0.25, 0.3) is 5.91 Å². The van der Waals surface area contributed by atoms with Crippen LogP contribution in [0.4, 0.5) is 0 Å². The lowest BCUT2D eigenvalue weighted by atomic mass is 9.89. The minimum absolute atomic E-state index is 0.00269. The average molecular weight is 540 g/mol. The van der Waals surface area contributed by atoms with E-state index in [4.69, 9.17) is 0 Å². The van der Waals surface area contributed by atoms with Crippen LogP contribution in [0.3, 0.4) is 0 Å². The highest BCUT2D eigenvalue weighted by Gasteiger charge is 2.26. The van der Waals surface area contributed by atoms with Crippen molar-refractivity contribution in [1.82, 2.24) is 15.1 Å². The Hall–Kier alpha value is -2.99. The maximum absolute atomic E-state index is 13.1. The smallest absolute Gasteiger partial charge is 0.251 e. The number of nitrogens with zero attached hydrogens (tertiary/aromatic N) is 3. The molecule has 2 aliphatic rings. The van der Waals surface area contributed by atoms with Crippen LogP contribution < -0.4 is 5.32 Å². The van der Waals surface area contributed by atoms with Gasteiger partial charge in [0.15, 0.2) is 0 Å². The first-order valence-electron chi connectivity index (χ1n) is 15.0. The number of piperazine rings is 1. The number of rotatable bonds is 8. The third-order valence-corrected chi connectivity index (χ3v) is 9.09. The van der Waals surface area contributed by atoms with E-state index < -0.39 is 0 Å². The Balaban J connectivity index is 1.17. The molecule has 0 bridgehead atoms. The van der Waals surface area contributed by atoms with Gasteiger partial charge in [0, 0.05) is 44.3 Å². The Morgan fingerprint density at radius 1 is 0.875 bits per heavy atom. The number of likely N-dealkylation sites (N-methyl/N-ethyl adjacent to an activating group) is 1. The van der Waals surface area contributed by atoms with E-state index in [-0.39, 0.29) is 5.91 Å². The summed E-state index contributed by atoms with van der Waals surface area (Å²) in [6, 6.07) is 26.3. The number of benzene rings is 3. The van der Waals surface area contributed by atoms with Crippen LogP contribution in [-0.4, -0.2) is 80.1 Å². The lowest BCUT2D eigenvalue weighted by Crippen LogP contribution is -2.49. The van der Waals surface area contributed by atoms with Gasteiger partial charge in [-0.3, -0.25) is 9.69 Å². The number of likely N-dealkylation sites (tertiary alicyclic amines) is 1. The molecular formula is C35H47N4O+. The molecule has 212 valence electrons. The third kappa shape index (κ3) is 7.60. The standard InChI is InChI=1S/C35H46N4O/c1-27-25-38(17-16-37(27)2)26-31-10-7-12-33(23-31)32-11-6-9-30(22-32)24-36-35(40)34-13-5-8-29(21-34)20-28-14-18-39(3,4)19-15-28/h5-13,21-23,27-28H,14-20,24-26H2,1-4H3/p+1/t27-/m0/s1. The molecule has 0 unspecified atom stereocenters. The van der Waals surface area contributed by atoms with Crippen molar-refractivity contribution in [2.45, 2.75) is 45.3 Å². The van der Waals surface area contributed by atoms with E-state index in [1.807, 2.05) is 12.1 Å². The minimum atomic E-state index is -0.00269. The Labute approximate surface area is 241 Å². The average Bonchev–Trinajstić information content (AvgIpc) is 2.95. The fraction of sp³-hybridized carbons (Fsp3) is 0.457. The van der Waals surface area contributed by atoms with E-state index >= 15 is 0 Å². The maximum Gasteiger partial charge on any atom is 0.251 e. The Morgan fingerprint density at radius 2 is 1.52 bits per heavy atom. The van der Waals surface area contributed by atoms with Crippen molar-refractivity contribution < 1.29 is 9.28 Å². The highest BCUT2D eigenvalue weighted by molar-refractivity contribution is 5.94. The van der Waals surface area contributed by atoms with E-state index in [1.54, 1.807) is 0 Å². The van der Waals surface area contributed by atoms with Crippen LogP contribution in [0.2, 0.25) is 0 Å². The van der Waals surface area contributed by atoms with Crippen molar-refractivity contribution in [3.63, 3.8) is 0 Å². The summed E-state index contributed by atoms with van der Waals surface area (Å²) in [4.78, 5) is 18.0. The van der Waals surface area contributed by atoms with Gasteiger partial charge >= 0.3 is 0 Å². The highest BCUT2D eigenvalue weighted by atomic mass is 16.1. The van der Waals surface area contributed by atoms with Crippen molar-refractivity contribution in [2.24, 2.45) is 5.92 Å². The van der Waals surface area contributed by atoms with Gasteiger partial charge in [0.1, 0.15) is 0 Å². The minimum Gasteiger partial charge on any atom is -0.348 e. The van der Waals surface area contributed by atoms with Crippen molar-refractivity contribution in [2.75, 3.05) is 53.9 Å². The van der Waals surface area contributed by atoms with Crippen LogP contribution in [0.5, 0.6) is 0 Å². The Kier molecular flexibility index (Phi) is 9.04. The van der Waals surface area contributed by atoms with E-state index in [1.165, 1.54) is 48.2 Å². The molecule has 1 atom stereocenters. The Morgan fingerprint density at radius 3 is 2.25 bits per heavy atom. The second-order valence-electron chi connectivity index (χ2n) is 12.9. The predicted octanol–water partition coefficient (Wildman–Crippen LogP) is 5.45. The van der Waals surface area contributed by atoms with Crippen LogP contribution in [0.15, 0.2) is 72.8 Å². The summed E-state index contributed by atoms with van der Waals surface area (Å²) < 4.78 is 1.13. The third-order valence-electron chi connectivity index (χ3n) is 9.09. The van der Waals surface area contributed by atoms with Crippen LogP contribution in [0.1, 0.15) is 46.8 Å². The molecule has 40 heavy (non-hydrogen) atoms. The normalized spacial score (nSPS) is 20.4. The van der Waals surface area contributed by atoms with Gasteiger partial charge in [-0.1, -0.05) is 48.5 Å². The molecule has 0 aromatic heterocycles. The van der Waals surface area contributed by atoms with Crippen molar-refractivity contribution in [3.8, 4) is 11.1 Å². The van der Waals surface area contributed by atoms with Gasteiger partial charge in [-0.05, 0) is 91.2 Å². The van der Waals surface area contributed by atoms with E-state index in [2.05, 4.69) is 104 Å². The summed E-state index contributed by atoms with van der Waals surface area (Å²) in [5, 5.41) is 3.16. The number of carbonyl (C=O) groups excluding carboxylic acids is 1. The van der Waals surface area contributed by atoms with E-state index in [0.29, 0.717) is 12.6 Å². The second kappa shape index (κ2) is 12.7. The number of nitrogens with one attached hydrogen (secondary N) is 1. The molecule has 3 aromatic carbocycles. The van der Waals surface area contributed by atoms with Gasteiger partial charge in [-0.15, -0.1) is 0 Å². The van der Waals surface area contributed by atoms with Crippen molar-refractivity contribution in [1.29, 1.82) is 0 Å². The molecule has 0 spiro atoms. The van der Waals surface area contributed by atoms with Crippen LogP contribution in [0.25, 0.3) is 11.1 Å². The molecule has 0 aliphatic carbocycles. The second-order valence-corrected chi connectivity index (χ2v) is 12.9. The molecular weight excluding hydrogens is 492 g/mol. The van der Waals surface area contributed by atoms with Crippen LogP contribution in [0, 0.1) is 5.92 Å². The molecule has 1 amide bonds. The van der Waals surface area contributed by atoms with Gasteiger partial charge in [-0.25, -0.2) is 0 Å². The molecule has 5 heteroatoms. The topological polar surface area (TPSA) is 35.6 Å². The van der Waals surface area contributed by atoms with Gasteiger partial charge in [-0.2, -0.15) is 0 Å². The number of quaternary nitrogens is 1. The summed E-state index contributed by atoms with van der Waals surface area (Å²) in [5.74, 6) is 0.716. The lowest BCUT2D eigenvalue weighted by Gasteiger charge is -2.37. The molecule has 2 aliphatic heterocycles. The fourth-order valence-electron chi connectivity index (χ4n) is 6.22. The molecule has 3 aromatic rings. The van der Waals surface area contributed by atoms with E-state index in [0.717, 1.165) is 54.1 Å². The summed E-state index contributed by atoms with van der Waals surface area (Å²) >= 11 is 0. The summed E-state index contributed by atoms with van der Waals surface area (Å²) in [5.41, 5.74) is 6.92. The molecule has 2 heterocycles. The Bertz CT molecular complexity index is 1290. The zero-order chi connectivity index (χ0) is 28.1. The molecule has 0 saturated carbocycles. The predicted molar refractivity (Wildman–Crippen MR) is 165 cm³/mol. The summed E-state index contributed by atoms with van der Waals surface area (Å²) in [6.07, 6.45) is 3.59. The molecule has 2 fully saturated rings. The number of piperidine rings is 1. The van der Waals surface area contributed by atoms with Gasteiger partial charge < -0.3 is 14.7 Å². The molecule has 1 N–H and O–H groups in total. The molecule has 5 nitrogen and oxygen atoms in total. The molecule has 2 saturated heterocycles. The molecule has 5 rings (SSSR count). The first-order valence-corrected chi connectivity index (χ1v) is 15.0. The zero-order valence-electron chi connectivity index (χ0n) is 24.9. The zero-order valence-corrected chi connectivity index (χ0v) is 24.9. The maximum atomic E-state index is 13.1. The van der Waals surface area contributed by atoms with Crippen molar-refractivity contribution in [3.05, 3.63) is 95.1 Å². The number of carbonyl (C=O) groups is 1. The van der Waals surface area contributed by atoms with Gasteiger partial charge in [0.05, 0.1) is 27.2 Å². The van der Waals surface area contributed by atoms with Crippen LogP contribution >= 0.6 is 0 Å². The SMILES string of the molecule is C[C@H]1CN(Cc2cccc(-c3cccc(CNC(=O)c4cccc(CC5CC[N+](C)(C)CC5)c4)c3)c2)CCN1C. The van der Waals surface area contributed by atoms with Crippen LogP contribution in [-0.2, 0) is 19.5 Å². The number of amides is 1. The first-order chi connectivity index (χ1) is 19.2. The molecule has 0 radical (unpaired) electrons.